The van der Waals surface area contributed by atoms with Crippen molar-refractivity contribution in [2.75, 3.05) is 5.32 Å². The number of nitrogens with zero attached hydrogens (tertiary/aromatic N) is 1. The van der Waals surface area contributed by atoms with Crippen molar-refractivity contribution < 1.29 is 23.9 Å². The van der Waals surface area contributed by atoms with Gasteiger partial charge in [-0.05, 0) is 24.6 Å². The van der Waals surface area contributed by atoms with Gasteiger partial charge in [-0.25, -0.2) is 9.18 Å². The maximum atomic E-state index is 13.4. The third-order valence-corrected chi connectivity index (χ3v) is 2.59. The molecule has 2 rings (SSSR count). The molecule has 0 spiro atoms. The topological polar surface area (TPSA) is 88.0 Å². The minimum Gasteiger partial charge on any atom is -0.477 e. The molecular weight excluding hydrogens is 255 g/mol. The number of carbonyl (C=O) groups is 2. The molecule has 7 heteroatoms. The molecule has 0 fully saturated rings. The number of carbonyl (C=O) groups excluding carboxylic acids is 1. The lowest BCUT2D eigenvalue weighted by atomic mass is 10.1. The lowest BCUT2D eigenvalue weighted by Gasteiger charge is -2.10. The summed E-state index contributed by atoms with van der Waals surface area (Å²) in [6.07, 6.45) is -1.19. The van der Waals surface area contributed by atoms with Crippen LogP contribution >= 0.6 is 0 Å². The molecule has 100 valence electrons. The minimum absolute atomic E-state index is 0.0253. The normalized spacial score (nSPS) is 17.6. The Hall–Kier alpha value is -2.44. The summed E-state index contributed by atoms with van der Waals surface area (Å²) in [6, 6.07) is 4.28. The Morgan fingerprint density at radius 1 is 1.53 bits per heavy atom. The van der Waals surface area contributed by atoms with E-state index in [0.29, 0.717) is 0 Å². The maximum Gasteiger partial charge on any atom is 0.353 e. The number of halogens is 1. The Kier molecular flexibility index (Phi) is 3.46. The van der Waals surface area contributed by atoms with Crippen LogP contribution in [-0.4, -0.2) is 28.8 Å². The van der Waals surface area contributed by atoms with Crippen LogP contribution in [-0.2, 0) is 14.4 Å². The van der Waals surface area contributed by atoms with Gasteiger partial charge in [-0.1, -0.05) is 11.2 Å². The Labute approximate surface area is 107 Å². The van der Waals surface area contributed by atoms with Gasteiger partial charge < -0.3 is 15.3 Å². The molecule has 1 aliphatic heterocycles. The Bertz CT molecular complexity index is 571. The molecule has 1 aromatic rings. The highest BCUT2D eigenvalue weighted by Crippen LogP contribution is 2.18. The number of amides is 1. The summed E-state index contributed by atoms with van der Waals surface area (Å²) < 4.78 is 13.4. The number of carboxylic acids is 1. The molecule has 1 unspecified atom stereocenters. The zero-order chi connectivity index (χ0) is 14.0. The van der Waals surface area contributed by atoms with Crippen LogP contribution in [0.3, 0.4) is 0 Å². The van der Waals surface area contributed by atoms with E-state index >= 15 is 0 Å². The third kappa shape index (κ3) is 2.87. The number of anilines is 1. The molecule has 0 saturated heterocycles. The molecule has 1 heterocycles. The number of aliphatic carboxylic acids is 1. The maximum absolute atomic E-state index is 13.4. The average molecular weight is 266 g/mol. The van der Waals surface area contributed by atoms with E-state index in [1.807, 2.05) is 0 Å². The van der Waals surface area contributed by atoms with E-state index in [4.69, 9.17) is 9.94 Å². The Balaban J connectivity index is 2.03. The Morgan fingerprint density at radius 2 is 2.26 bits per heavy atom. The largest absolute Gasteiger partial charge is 0.477 e. The number of hydrogen-bond acceptors (Lipinski definition) is 4. The summed E-state index contributed by atoms with van der Waals surface area (Å²) in [5.41, 5.74) is 0.578. The highest BCUT2D eigenvalue weighted by molar-refractivity contribution is 6.36. The quantitative estimate of drug-likeness (QED) is 0.863. The van der Waals surface area contributed by atoms with Crippen LogP contribution in [0.5, 0.6) is 0 Å². The first-order valence-electron chi connectivity index (χ1n) is 5.50. The summed E-state index contributed by atoms with van der Waals surface area (Å²) >= 11 is 0. The molecule has 0 aliphatic carbocycles. The fourth-order valence-electron chi connectivity index (χ4n) is 1.59. The predicted molar refractivity (Wildman–Crippen MR) is 64.3 cm³/mol. The summed E-state index contributed by atoms with van der Waals surface area (Å²) in [4.78, 5) is 27.1. The fraction of sp³-hybridized carbons (Fsp3) is 0.250. The number of carboxylic acid groups (broad SMARTS) is 1. The molecular formula is C12H11FN2O4. The first-order valence-corrected chi connectivity index (χ1v) is 5.50. The van der Waals surface area contributed by atoms with Crippen LogP contribution in [0, 0.1) is 12.7 Å². The van der Waals surface area contributed by atoms with E-state index in [2.05, 4.69) is 10.5 Å². The number of hydrogen-bond donors (Lipinski definition) is 2. The summed E-state index contributed by atoms with van der Waals surface area (Å²) in [7, 11) is 0. The van der Waals surface area contributed by atoms with Crippen LogP contribution in [0.25, 0.3) is 0 Å². The monoisotopic (exact) mass is 266 g/mol. The molecule has 1 amide bonds. The second-order valence-corrected chi connectivity index (χ2v) is 4.11. The van der Waals surface area contributed by atoms with E-state index < -0.39 is 23.8 Å². The van der Waals surface area contributed by atoms with Gasteiger partial charge in [0.25, 0.3) is 5.91 Å². The van der Waals surface area contributed by atoms with Gasteiger partial charge in [0, 0.05) is 6.42 Å². The lowest BCUT2D eigenvalue weighted by Crippen LogP contribution is -2.29. The van der Waals surface area contributed by atoms with Crippen molar-refractivity contribution in [2.45, 2.75) is 19.4 Å². The molecule has 1 aromatic carbocycles. The number of oxime groups is 1. The highest BCUT2D eigenvalue weighted by Gasteiger charge is 2.31. The van der Waals surface area contributed by atoms with Gasteiger partial charge in [-0.2, -0.15) is 0 Å². The summed E-state index contributed by atoms with van der Waals surface area (Å²) in [5.74, 6) is -2.45. The van der Waals surface area contributed by atoms with Crippen LogP contribution < -0.4 is 5.32 Å². The lowest BCUT2D eigenvalue weighted by molar-refractivity contribution is -0.129. The van der Waals surface area contributed by atoms with E-state index in [0.717, 1.165) is 5.56 Å². The van der Waals surface area contributed by atoms with E-state index in [-0.39, 0.29) is 17.8 Å². The number of rotatable bonds is 3. The van der Waals surface area contributed by atoms with Crippen LogP contribution in [0.1, 0.15) is 12.0 Å². The zero-order valence-electron chi connectivity index (χ0n) is 10.0. The van der Waals surface area contributed by atoms with Gasteiger partial charge >= 0.3 is 5.97 Å². The van der Waals surface area contributed by atoms with Crippen molar-refractivity contribution >= 4 is 23.3 Å². The molecule has 19 heavy (non-hydrogen) atoms. The van der Waals surface area contributed by atoms with Crippen molar-refractivity contribution in [3.8, 4) is 0 Å². The Morgan fingerprint density at radius 3 is 2.89 bits per heavy atom. The van der Waals surface area contributed by atoms with Crippen molar-refractivity contribution in [2.24, 2.45) is 5.16 Å². The van der Waals surface area contributed by atoms with Gasteiger partial charge in [-0.3, -0.25) is 4.79 Å². The van der Waals surface area contributed by atoms with E-state index in [9.17, 15) is 14.0 Å². The predicted octanol–water partition coefficient (Wildman–Crippen LogP) is 1.30. The number of aryl methyl sites for hydroxylation is 1. The van der Waals surface area contributed by atoms with Crippen LogP contribution in [0.4, 0.5) is 10.1 Å². The van der Waals surface area contributed by atoms with Gasteiger partial charge in [0.1, 0.15) is 5.82 Å². The van der Waals surface area contributed by atoms with Gasteiger partial charge in [0.05, 0.1) is 5.69 Å². The molecule has 0 aromatic heterocycles. The van der Waals surface area contributed by atoms with E-state index in [1.54, 1.807) is 13.0 Å². The molecule has 2 N–H and O–H groups in total. The minimum atomic E-state index is -1.24. The van der Waals surface area contributed by atoms with Gasteiger partial charge in [0.2, 0.25) is 6.10 Å². The fourth-order valence-corrected chi connectivity index (χ4v) is 1.59. The van der Waals surface area contributed by atoms with Crippen molar-refractivity contribution in [1.82, 2.24) is 0 Å². The molecule has 0 saturated carbocycles. The van der Waals surface area contributed by atoms with E-state index in [1.165, 1.54) is 12.1 Å². The third-order valence-electron chi connectivity index (χ3n) is 2.59. The van der Waals surface area contributed by atoms with Crippen LogP contribution in [0.2, 0.25) is 0 Å². The standard InChI is InChI=1S/C12H11FN2O4/c1-6-2-3-7(13)8(4-6)14-11(16)10-5-9(12(17)18)15-19-10/h2-4,10H,5H2,1H3,(H,14,16)(H,17,18). The second kappa shape index (κ2) is 5.05. The highest BCUT2D eigenvalue weighted by atomic mass is 19.1. The van der Waals surface area contributed by atoms with Gasteiger partial charge in [-0.15, -0.1) is 0 Å². The molecule has 0 bridgehead atoms. The molecule has 0 radical (unpaired) electrons. The first-order chi connectivity index (χ1) is 8.97. The van der Waals surface area contributed by atoms with Crippen molar-refractivity contribution in [3.05, 3.63) is 29.6 Å². The molecule has 1 atom stereocenters. The summed E-state index contributed by atoms with van der Waals surface area (Å²) in [6.45, 7) is 1.76. The zero-order valence-corrected chi connectivity index (χ0v) is 10.0. The number of benzene rings is 1. The SMILES string of the molecule is Cc1ccc(F)c(NC(=O)C2CC(C(=O)O)=NO2)c1. The molecule has 1 aliphatic rings. The second-order valence-electron chi connectivity index (χ2n) is 4.11. The van der Waals surface area contributed by atoms with Gasteiger partial charge in [0.15, 0.2) is 5.71 Å². The molecule has 6 nitrogen and oxygen atoms in total. The summed E-state index contributed by atoms with van der Waals surface area (Å²) in [5, 5.41) is 14.3. The van der Waals surface area contributed by atoms with Crippen molar-refractivity contribution in [1.29, 1.82) is 0 Å². The number of nitrogens with one attached hydrogen (secondary N) is 1. The average Bonchev–Trinajstić information content (AvgIpc) is 2.83. The first kappa shape index (κ1) is 13.0. The van der Waals surface area contributed by atoms with Crippen molar-refractivity contribution in [3.63, 3.8) is 0 Å². The van der Waals surface area contributed by atoms with Crippen LogP contribution in [0.15, 0.2) is 23.4 Å². The smallest absolute Gasteiger partial charge is 0.353 e.